The van der Waals surface area contributed by atoms with Gasteiger partial charge >= 0.3 is 0 Å². The van der Waals surface area contributed by atoms with E-state index < -0.39 is 6.04 Å². The number of carbonyl (C=O) groups is 1. The standard InChI is InChI=1S/C16H26N2O2/c1-11(2)16(3,4)10-18-15(20)14(17)9-12-5-7-13(19)8-6-12/h5-8,11,14,19H,9-10,17H2,1-4H3,(H,18,20)/t14-/m0/s1. The zero-order valence-corrected chi connectivity index (χ0v) is 12.8. The van der Waals surface area contributed by atoms with Crippen LogP contribution < -0.4 is 11.1 Å². The molecule has 1 rings (SSSR count). The Morgan fingerprint density at radius 3 is 2.35 bits per heavy atom. The number of aromatic hydroxyl groups is 1. The van der Waals surface area contributed by atoms with Crippen LogP contribution in [0.25, 0.3) is 0 Å². The van der Waals surface area contributed by atoms with Gasteiger partial charge in [0.2, 0.25) is 5.91 Å². The lowest BCUT2D eigenvalue weighted by atomic mass is 9.81. The summed E-state index contributed by atoms with van der Waals surface area (Å²) in [4.78, 5) is 12.0. The molecule has 4 heteroatoms. The van der Waals surface area contributed by atoms with Crippen molar-refractivity contribution in [1.82, 2.24) is 5.32 Å². The number of carbonyl (C=O) groups excluding carboxylic acids is 1. The molecule has 1 aromatic carbocycles. The maximum absolute atomic E-state index is 12.0. The van der Waals surface area contributed by atoms with Gasteiger partial charge in [-0.05, 0) is 35.4 Å². The molecule has 0 spiro atoms. The van der Waals surface area contributed by atoms with E-state index in [0.717, 1.165) is 5.56 Å². The fourth-order valence-corrected chi connectivity index (χ4v) is 1.63. The van der Waals surface area contributed by atoms with Crippen molar-refractivity contribution in [3.05, 3.63) is 29.8 Å². The first-order valence-electron chi connectivity index (χ1n) is 7.03. The summed E-state index contributed by atoms with van der Waals surface area (Å²) in [6.07, 6.45) is 0.466. The molecule has 0 saturated carbocycles. The third-order valence-electron chi connectivity index (χ3n) is 4.01. The molecule has 0 bridgehead atoms. The summed E-state index contributed by atoms with van der Waals surface area (Å²) < 4.78 is 0. The van der Waals surface area contributed by atoms with Crippen LogP contribution in [0.4, 0.5) is 0 Å². The third-order valence-corrected chi connectivity index (χ3v) is 4.01. The number of phenols is 1. The number of nitrogens with two attached hydrogens (primary N) is 1. The Bertz CT molecular complexity index is 438. The Morgan fingerprint density at radius 1 is 1.30 bits per heavy atom. The van der Waals surface area contributed by atoms with Crippen molar-refractivity contribution in [2.45, 2.75) is 40.2 Å². The number of phenolic OH excluding ortho intramolecular Hbond substituents is 1. The van der Waals surface area contributed by atoms with Crippen LogP contribution in [-0.4, -0.2) is 23.6 Å². The van der Waals surface area contributed by atoms with Crippen LogP contribution in [0.2, 0.25) is 0 Å². The van der Waals surface area contributed by atoms with Crippen molar-refractivity contribution in [1.29, 1.82) is 0 Å². The van der Waals surface area contributed by atoms with E-state index in [9.17, 15) is 9.90 Å². The topological polar surface area (TPSA) is 75.4 Å². The molecule has 0 heterocycles. The minimum Gasteiger partial charge on any atom is -0.508 e. The lowest BCUT2D eigenvalue weighted by Crippen LogP contribution is -2.46. The van der Waals surface area contributed by atoms with E-state index in [0.29, 0.717) is 18.9 Å². The van der Waals surface area contributed by atoms with Gasteiger partial charge in [0.15, 0.2) is 0 Å². The first-order chi connectivity index (χ1) is 9.22. The Kier molecular flexibility index (Phi) is 5.57. The fourth-order valence-electron chi connectivity index (χ4n) is 1.63. The van der Waals surface area contributed by atoms with Gasteiger partial charge in [-0.2, -0.15) is 0 Å². The molecule has 112 valence electrons. The van der Waals surface area contributed by atoms with Crippen molar-refractivity contribution in [3.63, 3.8) is 0 Å². The molecule has 0 fully saturated rings. The Balaban J connectivity index is 2.49. The molecule has 0 aliphatic carbocycles. The molecule has 0 saturated heterocycles. The summed E-state index contributed by atoms with van der Waals surface area (Å²) in [7, 11) is 0. The maximum atomic E-state index is 12.0. The highest BCUT2D eigenvalue weighted by atomic mass is 16.3. The molecule has 4 nitrogen and oxygen atoms in total. The molecule has 20 heavy (non-hydrogen) atoms. The summed E-state index contributed by atoms with van der Waals surface area (Å²) in [5.74, 6) is 0.563. The highest BCUT2D eigenvalue weighted by molar-refractivity contribution is 5.81. The van der Waals surface area contributed by atoms with Gasteiger partial charge in [0, 0.05) is 6.54 Å². The summed E-state index contributed by atoms with van der Waals surface area (Å²) in [6, 6.07) is 6.19. The van der Waals surface area contributed by atoms with E-state index in [4.69, 9.17) is 5.73 Å². The van der Waals surface area contributed by atoms with Crippen molar-refractivity contribution >= 4 is 5.91 Å². The highest BCUT2D eigenvalue weighted by Gasteiger charge is 2.24. The Morgan fingerprint density at radius 2 is 1.85 bits per heavy atom. The van der Waals surface area contributed by atoms with Gasteiger partial charge in [-0.3, -0.25) is 4.79 Å². The Hall–Kier alpha value is -1.55. The minimum atomic E-state index is -0.567. The fraction of sp³-hybridized carbons (Fsp3) is 0.562. The van der Waals surface area contributed by atoms with Crippen LogP contribution >= 0.6 is 0 Å². The maximum Gasteiger partial charge on any atom is 0.237 e. The quantitative estimate of drug-likeness (QED) is 0.745. The van der Waals surface area contributed by atoms with Gasteiger partial charge in [0.25, 0.3) is 0 Å². The average molecular weight is 278 g/mol. The van der Waals surface area contributed by atoms with Gasteiger partial charge in [-0.25, -0.2) is 0 Å². The minimum absolute atomic E-state index is 0.0495. The molecule has 0 aromatic heterocycles. The monoisotopic (exact) mass is 278 g/mol. The molecule has 0 unspecified atom stereocenters. The van der Waals surface area contributed by atoms with E-state index in [1.807, 2.05) is 0 Å². The van der Waals surface area contributed by atoms with Gasteiger partial charge < -0.3 is 16.2 Å². The smallest absolute Gasteiger partial charge is 0.237 e. The van der Waals surface area contributed by atoms with Crippen molar-refractivity contribution in [3.8, 4) is 5.75 Å². The SMILES string of the molecule is CC(C)C(C)(C)CNC(=O)[C@@H](N)Cc1ccc(O)cc1. The number of nitrogens with one attached hydrogen (secondary N) is 1. The van der Waals surface area contributed by atoms with Crippen LogP contribution in [0.5, 0.6) is 5.75 Å². The first kappa shape index (κ1) is 16.5. The molecule has 1 aromatic rings. The molecule has 4 N–H and O–H groups in total. The van der Waals surface area contributed by atoms with Crippen molar-refractivity contribution < 1.29 is 9.90 Å². The van der Waals surface area contributed by atoms with E-state index in [-0.39, 0.29) is 17.1 Å². The largest absolute Gasteiger partial charge is 0.508 e. The van der Waals surface area contributed by atoms with E-state index in [1.165, 1.54) is 0 Å². The second-order valence-electron chi connectivity index (χ2n) is 6.34. The zero-order chi connectivity index (χ0) is 15.3. The molecular weight excluding hydrogens is 252 g/mol. The molecular formula is C16H26N2O2. The lowest BCUT2D eigenvalue weighted by molar-refractivity contribution is -0.122. The van der Waals surface area contributed by atoms with Gasteiger partial charge in [0.05, 0.1) is 6.04 Å². The molecule has 1 atom stereocenters. The van der Waals surface area contributed by atoms with E-state index in [1.54, 1.807) is 24.3 Å². The Labute approximate surface area is 121 Å². The molecule has 1 amide bonds. The van der Waals surface area contributed by atoms with Gasteiger partial charge in [-0.1, -0.05) is 39.8 Å². The number of amides is 1. The van der Waals surface area contributed by atoms with E-state index >= 15 is 0 Å². The van der Waals surface area contributed by atoms with Crippen LogP contribution in [-0.2, 0) is 11.2 Å². The molecule has 0 radical (unpaired) electrons. The molecule has 0 aliphatic rings. The van der Waals surface area contributed by atoms with Crippen LogP contribution in [0.3, 0.4) is 0 Å². The van der Waals surface area contributed by atoms with Crippen molar-refractivity contribution in [2.75, 3.05) is 6.54 Å². The predicted octanol–water partition coefficient (Wildman–Crippen LogP) is 2.06. The zero-order valence-electron chi connectivity index (χ0n) is 12.8. The normalized spacial score (nSPS) is 13.3. The lowest BCUT2D eigenvalue weighted by Gasteiger charge is -2.29. The summed E-state index contributed by atoms with van der Waals surface area (Å²) >= 11 is 0. The predicted molar refractivity (Wildman–Crippen MR) is 81.4 cm³/mol. The number of benzene rings is 1. The summed E-state index contributed by atoms with van der Waals surface area (Å²) in [6.45, 7) is 9.16. The number of rotatable bonds is 6. The van der Waals surface area contributed by atoms with Gasteiger partial charge in [0.1, 0.15) is 5.75 Å². The van der Waals surface area contributed by atoms with Crippen LogP contribution in [0.15, 0.2) is 24.3 Å². The van der Waals surface area contributed by atoms with Crippen molar-refractivity contribution in [2.24, 2.45) is 17.1 Å². The third kappa shape index (κ3) is 4.85. The van der Waals surface area contributed by atoms with Crippen LogP contribution in [0.1, 0.15) is 33.3 Å². The summed E-state index contributed by atoms with van der Waals surface area (Å²) in [5.41, 5.74) is 6.91. The molecule has 0 aliphatic heterocycles. The van der Waals surface area contributed by atoms with Gasteiger partial charge in [-0.15, -0.1) is 0 Å². The second-order valence-corrected chi connectivity index (χ2v) is 6.34. The number of hydrogen-bond acceptors (Lipinski definition) is 3. The average Bonchev–Trinajstić information content (AvgIpc) is 2.38. The van der Waals surface area contributed by atoms with E-state index in [2.05, 4.69) is 33.0 Å². The highest BCUT2D eigenvalue weighted by Crippen LogP contribution is 2.24. The number of hydrogen-bond donors (Lipinski definition) is 3. The van der Waals surface area contributed by atoms with Crippen LogP contribution in [0, 0.1) is 11.3 Å². The second kappa shape index (κ2) is 6.75. The summed E-state index contributed by atoms with van der Waals surface area (Å²) in [5, 5.41) is 12.1. The first-order valence-corrected chi connectivity index (χ1v) is 7.03.